The quantitative estimate of drug-likeness (QED) is 0.181. The highest BCUT2D eigenvalue weighted by Gasteiger charge is 2.45. The normalized spacial score (nSPS) is 29.0. The van der Waals surface area contributed by atoms with Gasteiger partial charge in [-0.2, -0.15) is 10.2 Å². The van der Waals surface area contributed by atoms with Crippen molar-refractivity contribution in [2.75, 3.05) is 11.5 Å². The first-order valence-corrected chi connectivity index (χ1v) is 19.2. The summed E-state index contributed by atoms with van der Waals surface area (Å²) in [7, 11) is -5.44. The van der Waals surface area contributed by atoms with E-state index in [0.717, 1.165) is 28.6 Å². The molecule has 0 saturated carbocycles. The molecule has 51 heavy (non-hydrogen) atoms. The Morgan fingerprint density at radius 1 is 0.725 bits per heavy atom. The van der Waals surface area contributed by atoms with Crippen molar-refractivity contribution in [2.24, 2.45) is 11.5 Å². The van der Waals surface area contributed by atoms with Crippen LogP contribution >= 0.6 is 0 Å². The van der Waals surface area contributed by atoms with Gasteiger partial charge in [-0.1, -0.05) is 0 Å². The number of benzene rings is 2. The predicted molar refractivity (Wildman–Crippen MR) is 173 cm³/mol. The van der Waals surface area contributed by atoms with E-state index in [1.807, 2.05) is 4.90 Å². The van der Waals surface area contributed by atoms with Gasteiger partial charge in [-0.25, -0.2) is 34.8 Å². The lowest BCUT2D eigenvalue weighted by Gasteiger charge is -2.38. The second-order valence-electron chi connectivity index (χ2n) is 13.5. The van der Waals surface area contributed by atoms with Crippen LogP contribution in [0.2, 0.25) is 0 Å². The Bertz CT molecular complexity index is 2060. The van der Waals surface area contributed by atoms with Crippen LogP contribution in [0.25, 0.3) is 0 Å². The average molecular weight is 757 g/mol. The molecular formula is C32H34F6N8O3S2. The van der Waals surface area contributed by atoms with Crippen molar-refractivity contribution in [1.29, 1.82) is 0 Å². The van der Waals surface area contributed by atoms with Gasteiger partial charge in [0.15, 0.2) is 33.1 Å². The van der Waals surface area contributed by atoms with Gasteiger partial charge < -0.3 is 11.5 Å². The summed E-state index contributed by atoms with van der Waals surface area (Å²) in [6, 6.07) is 0.474. The summed E-state index contributed by atoms with van der Waals surface area (Å²) in [5, 5.41) is 11.3. The molecular weight excluding hydrogens is 723 g/mol. The number of fused-ring (bicyclic) bond motifs is 2. The summed E-state index contributed by atoms with van der Waals surface area (Å²) in [5.41, 5.74) is 15.5. The number of halogens is 6. The molecule has 2 fully saturated rings. The predicted octanol–water partition coefficient (Wildman–Crippen LogP) is 3.13. The van der Waals surface area contributed by atoms with Crippen LogP contribution in [0.4, 0.5) is 26.3 Å². The first kappa shape index (κ1) is 35.8. The SMILES string of the molecule is N[C@H]1C[C@@H](N2Cc3cn[nH]c3C2)CS(=O)(=O)C1c1cc(F)cc(F)c1F.N[C@H]1C[C@@H](N2Cc3cn[nH]c3C2)CS(=O)C1c1cc(F)cc(F)c1F. The Labute approximate surface area is 291 Å². The second-order valence-corrected chi connectivity index (χ2v) is 17.2. The van der Waals surface area contributed by atoms with E-state index in [0.29, 0.717) is 50.8 Å². The van der Waals surface area contributed by atoms with E-state index >= 15 is 0 Å². The van der Waals surface area contributed by atoms with E-state index in [-0.39, 0.29) is 35.6 Å². The van der Waals surface area contributed by atoms with Crippen molar-refractivity contribution >= 4 is 20.6 Å². The number of nitrogens with one attached hydrogen (secondary N) is 2. The number of hydrogen-bond acceptors (Lipinski definition) is 9. The zero-order chi connectivity index (χ0) is 36.4. The van der Waals surface area contributed by atoms with E-state index in [9.17, 15) is 39.0 Å². The first-order chi connectivity index (χ1) is 24.2. The van der Waals surface area contributed by atoms with E-state index < -0.39 is 83.7 Å². The fourth-order valence-corrected chi connectivity index (χ4v) is 11.9. The summed E-state index contributed by atoms with van der Waals surface area (Å²) >= 11 is 0. The number of hydrogen-bond donors (Lipinski definition) is 4. The summed E-state index contributed by atoms with van der Waals surface area (Å²) in [6.07, 6.45) is 4.22. The monoisotopic (exact) mass is 756 g/mol. The van der Waals surface area contributed by atoms with Crippen LogP contribution in [0, 0.1) is 34.9 Å². The van der Waals surface area contributed by atoms with Crippen molar-refractivity contribution in [1.82, 2.24) is 30.2 Å². The smallest absolute Gasteiger partial charge is 0.163 e. The number of nitrogens with zero attached hydrogens (tertiary/aromatic N) is 4. The molecule has 6 heterocycles. The maximum atomic E-state index is 14.1. The number of H-pyrrole nitrogens is 2. The Balaban J connectivity index is 0.000000159. The number of aromatic amines is 2. The van der Waals surface area contributed by atoms with E-state index in [1.165, 1.54) is 0 Å². The van der Waals surface area contributed by atoms with Crippen LogP contribution in [0.1, 0.15) is 57.0 Å². The minimum absolute atomic E-state index is 0.0330. The molecule has 4 aromatic rings. The molecule has 11 nitrogen and oxygen atoms in total. The molecule has 4 aliphatic heterocycles. The summed E-state index contributed by atoms with van der Waals surface area (Å²) < 4.78 is 121. The van der Waals surface area contributed by atoms with Gasteiger partial charge in [0, 0.05) is 101 Å². The number of nitrogens with two attached hydrogens (primary N) is 2. The third-order valence-electron chi connectivity index (χ3n) is 10.1. The Kier molecular flexibility index (Phi) is 9.64. The van der Waals surface area contributed by atoms with Crippen molar-refractivity contribution in [2.45, 2.75) is 73.7 Å². The van der Waals surface area contributed by atoms with E-state index in [2.05, 4.69) is 25.3 Å². The third-order valence-corrected chi connectivity index (χ3v) is 14.2. The van der Waals surface area contributed by atoms with Gasteiger partial charge in [-0.15, -0.1) is 0 Å². The highest BCUT2D eigenvalue weighted by Crippen LogP contribution is 2.39. The molecule has 274 valence electrons. The summed E-state index contributed by atoms with van der Waals surface area (Å²) in [5.74, 6) is -7.14. The largest absolute Gasteiger partial charge is 0.326 e. The van der Waals surface area contributed by atoms with E-state index in [1.54, 1.807) is 12.4 Å². The van der Waals surface area contributed by atoms with Gasteiger partial charge in [0.2, 0.25) is 0 Å². The zero-order valence-electron chi connectivity index (χ0n) is 26.8. The van der Waals surface area contributed by atoms with Gasteiger partial charge in [0.25, 0.3) is 0 Å². The van der Waals surface area contributed by atoms with Gasteiger partial charge in [0.1, 0.15) is 16.9 Å². The maximum absolute atomic E-state index is 14.1. The lowest BCUT2D eigenvalue weighted by molar-refractivity contribution is 0.186. The number of sulfone groups is 1. The molecule has 2 aromatic carbocycles. The molecule has 2 aromatic heterocycles. The molecule has 7 atom stereocenters. The molecule has 0 radical (unpaired) electrons. The molecule has 3 unspecified atom stereocenters. The van der Waals surface area contributed by atoms with Gasteiger partial charge in [0.05, 0.1) is 34.8 Å². The van der Waals surface area contributed by atoms with Crippen LogP contribution in [0.15, 0.2) is 36.7 Å². The molecule has 0 amide bonds. The number of rotatable bonds is 4. The van der Waals surface area contributed by atoms with Crippen LogP contribution in [0.3, 0.4) is 0 Å². The molecule has 0 bridgehead atoms. The maximum Gasteiger partial charge on any atom is 0.163 e. The molecule has 8 rings (SSSR count). The van der Waals surface area contributed by atoms with Gasteiger partial charge in [-0.05, 0) is 25.0 Å². The first-order valence-electron chi connectivity index (χ1n) is 16.1. The number of aromatic nitrogens is 4. The summed E-state index contributed by atoms with van der Waals surface area (Å²) in [6.45, 7) is 2.42. The third kappa shape index (κ3) is 6.86. The topological polar surface area (TPSA) is 167 Å². The lowest BCUT2D eigenvalue weighted by Crippen LogP contribution is -2.51. The second kappa shape index (κ2) is 13.7. The molecule has 0 aliphatic carbocycles. The molecule has 19 heteroatoms. The summed E-state index contributed by atoms with van der Waals surface area (Å²) in [4.78, 5) is 4.12. The highest BCUT2D eigenvalue weighted by atomic mass is 32.2. The minimum Gasteiger partial charge on any atom is -0.326 e. The van der Waals surface area contributed by atoms with Crippen molar-refractivity contribution in [3.8, 4) is 0 Å². The van der Waals surface area contributed by atoms with Crippen LogP contribution < -0.4 is 11.5 Å². The molecule has 2 saturated heterocycles. The van der Waals surface area contributed by atoms with Crippen LogP contribution in [-0.2, 0) is 46.8 Å². The molecule has 6 N–H and O–H groups in total. The molecule has 0 spiro atoms. The Hall–Kier alpha value is -3.62. The van der Waals surface area contributed by atoms with Crippen molar-refractivity contribution in [3.05, 3.63) is 105 Å². The van der Waals surface area contributed by atoms with E-state index in [4.69, 9.17) is 11.5 Å². The van der Waals surface area contributed by atoms with Crippen molar-refractivity contribution < 1.29 is 39.0 Å². The highest BCUT2D eigenvalue weighted by molar-refractivity contribution is 7.91. The Morgan fingerprint density at radius 3 is 1.76 bits per heavy atom. The lowest BCUT2D eigenvalue weighted by atomic mass is 9.98. The Morgan fingerprint density at radius 2 is 1.24 bits per heavy atom. The fourth-order valence-electron chi connectivity index (χ4n) is 7.70. The van der Waals surface area contributed by atoms with Crippen molar-refractivity contribution in [3.63, 3.8) is 0 Å². The van der Waals surface area contributed by atoms with Crippen LogP contribution in [0.5, 0.6) is 0 Å². The molecule has 4 aliphatic rings. The van der Waals surface area contributed by atoms with Gasteiger partial charge >= 0.3 is 0 Å². The standard InChI is InChI=1S/C16H17F3N4O2S.C16H17F3N4OS/c17-9-1-11(15(19)12(18)2-9)16-13(20)3-10(7-26(16,24)25)23-5-8-4-21-22-14(8)6-23;17-9-1-11(15(19)12(18)2-9)16-13(20)3-10(7-25(16)24)23-5-8-4-21-22-14(8)6-23/h1-2,4,10,13,16H,3,5-7,20H2,(H,21,22);1-2,4,10,13,16H,3,5-7,20H2,(H,21,22)/t10-,13+,16?;10-,13+,16?,25?/m11/s1. The minimum atomic E-state index is -3.90. The zero-order valence-corrected chi connectivity index (χ0v) is 28.5. The fraction of sp³-hybridized carbons (Fsp3) is 0.438. The van der Waals surface area contributed by atoms with Gasteiger partial charge in [-0.3, -0.25) is 24.2 Å². The van der Waals surface area contributed by atoms with Crippen LogP contribution in [-0.4, -0.2) is 78.5 Å². The average Bonchev–Trinajstić information content (AvgIpc) is 3.83.